The van der Waals surface area contributed by atoms with Crippen LogP contribution in [0.4, 0.5) is 5.69 Å². The van der Waals surface area contributed by atoms with Gasteiger partial charge in [0.05, 0.1) is 5.49 Å². The summed E-state index contributed by atoms with van der Waals surface area (Å²) in [5, 5.41) is 6.29. The van der Waals surface area contributed by atoms with Gasteiger partial charge in [-0.05, 0) is 30.3 Å². The quantitative estimate of drug-likeness (QED) is 0.550. The van der Waals surface area contributed by atoms with Crippen molar-refractivity contribution in [3.8, 4) is 11.1 Å². The van der Waals surface area contributed by atoms with Crippen LogP contribution in [-0.4, -0.2) is 38.7 Å². The van der Waals surface area contributed by atoms with Crippen LogP contribution in [0, 0.1) is 0 Å². The molecule has 4 heteroatoms. The lowest BCUT2D eigenvalue weighted by Crippen LogP contribution is -2.35. The molecule has 0 heterocycles. The van der Waals surface area contributed by atoms with Gasteiger partial charge in [0.25, 0.3) is 0 Å². The van der Waals surface area contributed by atoms with Crippen molar-refractivity contribution in [3.05, 3.63) is 54.6 Å². The molecule has 0 spiro atoms. The summed E-state index contributed by atoms with van der Waals surface area (Å²) in [6, 6.07) is 19.2. The number of likely N-dealkylation sites (N-methyl/N-ethyl adjacent to an activating group) is 1. The summed E-state index contributed by atoms with van der Waals surface area (Å²) in [6.07, 6.45) is 0. The second-order valence-electron chi connectivity index (χ2n) is 5.08. The van der Waals surface area contributed by atoms with Gasteiger partial charge in [0.2, 0.25) is 0 Å². The normalized spacial score (nSPS) is 10.2. The summed E-state index contributed by atoms with van der Waals surface area (Å²) in [7, 11) is 1.98. The Hall–Kier alpha value is -1.91. The molecular formula is C18H23N3S. The highest BCUT2D eigenvalue weighted by Crippen LogP contribution is 2.22. The Morgan fingerprint density at radius 2 is 1.55 bits per heavy atom. The maximum absolute atomic E-state index is 4.81. The van der Waals surface area contributed by atoms with Crippen LogP contribution in [-0.2, 0) is 0 Å². The Kier molecular flexibility index (Phi) is 6.87. The first-order valence-corrected chi connectivity index (χ1v) is 8.04. The molecule has 0 bridgehead atoms. The van der Waals surface area contributed by atoms with E-state index in [1.165, 1.54) is 16.8 Å². The van der Waals surface area contributed by atoms with Gasteiger partial charge >= 0.3 is 0 Å². The number of anilines is 1. The predicted octanol–water partition coefficient (Wildman–Crippen LogP) is 2.93. The molecule has 0 saturated heterocycles. The summed E-state index contributed by atoms with van der Waals surface area (Å²) in [4.78, 5) is 2.36. The van der Waals surface area contributed by atoms with Gasteiger partial charge in [0.15, 0.2) is 0 Å². The molecule has 0 aliphatic rings. The van der Waals surface area contributed by atoms with E-state index in [4.69, 9.17) is 12.2 Å². The van der Waals surface area contributed by atoms with Crippen molar-refractivity contribution in [2.75, 3.05) is 38.1 Å². The molecule has 0 aliphatic heterocycles. The average Bonchev–Trinajstić information content (AvgIpc) is 2.59. The van der Waals surface area contributed by atoms with Gasteiger partial charge in [-0.25, -0.2) is 0 Å². The molecular weight excluding hydrogens is 290 g/mol. The Morgan fingerprint density at radius 1 is 0.909 bits per heavy atom. The zero-order chi connectivity index (χ0) is 15.6. The topological polar surface area (TPSA) is 27.3 Å². The Labute approximate surface area is 138 Å². The summed E-state index contributed by atoms with van der Waals surface area (Å²) in [6.45, 7) is 3.71. The molecule has 0 saturated carbocycles. The van der Waals surface area contributed by atoms with Crippen molar-refractivity contribution in [2.24, 2.45) is 0 Å². The van der Waals surface area contributed by atoms with E-state index in [0.29, 0.717) is 0 Å². The monoisotopic (exact) mass is 313 g/mol. The zero-order valence-electron chi connectivity index (χ0n) is 13.0. The number of thiocarbonyl (C=S) groups is 1. The average molecular weight is 313 g/mol. The van der Waals surface area contributed by atoms with Crippen LogP contribution >= 0.6 is 12.2 Å². The number of nitrogens with zero attached hydrogens (tertiary/aromatic N) is 1. The largest absolute Gasteiger partial charge is 0.380 e. The van der Waals surface area contributed by atoms with Gasteiger partial charge in [-0.2, -0.15) is 0 Å². The van der Waals surface area contributed by atoms with Gasteiger partial charge in [-0.1, -0.05) is 54.7 Å². The second kappa shape index (κ2) is 9.18. The lowest BCUT2D eigenvalue weighted by Gasteiger charge is -2.25. The van der Waals surface area contributed by atoms with E-state index in [0.717, 1.165) is 26.2 Å². The summed E-state index contributed by atoms with van der Waals surface area (Å²) < 4.78 is 0. The summed E-state index contributed by atoms with van der Waals surface area (Å²) in [5.41, 5.74) is 5.31. The number of hydrogen-bond donors (Lipinski definition) is 2. The van der Waals surface area contributed by atoms with Crippen LogP contribution in [0.5, 0.6) is 0 Å². The van der Waals surface area contributed by atoms with E-state index in [9.17, 15) is 0 Å². The van der Waals surface area contributed by atoms with E-state index >= 15 is 0 Å². The maximum Gasteiger partial charge on any atom is 0.0615 e. The highest BCUT2D eigenvalue weighted by Gasteiger charge is 2.06. The third-order valence-corrected chi connectivity index (χ3v) is 3.75. The highest BCUT2D eigenvalue weighted by molar-refractivity contribution is 7.78. The van der Waals surface area contributed by atoms with Crippen molar-refractivity contribution in [1.29, 1.82) is 0 Å². The standard InChI is InChI=1S/C18H23N3S/c1-19-11-13-21(14-12-20-15-22)18-9-7-17(8-10-18)16-5-3-2-4-6-16/h2-10,15,19H,11-14H2,1H3,(H,20,22). The molecule has 0 radical (unpaired) electrons. The lowest BCUT2D eigenvalue weighted by molar-refractivity contribution is 0.709. The second-order valence-corrected chi connectivity index (χ2v) is 5.31. The van der Waals surface area contributed by atoms with Gasteiger partial charge < -0.3 is 15.5 Å². The smallest absolute Gasteiger partial charge is 0.0615 e. The predicted molar refractivity (Wildman–Crippen MR) is 99.7 cm³/mol. The molecule has 0 atom stereocenters. The molecule has 22 heavy (non-hydrogen) atoms. The van der Waals surface area contributed by atoms with Crippen LogP contribution in [0.2, 0.25) is 0 Å². The number of nitrogens with one attached hydrogen (secondary N) is 2. The molecule has 0 amide bonds. The lowest BCUT2D eigenvalue weighted by atomic mass is 10.1. The first kappa shape index (κ1) is 16.5. The minimum Gasteiger partial charge on any atom is -0.380 e. The van der Waals surface area contributed by atoms with E-state index in [-0.39, 0.29) is 0 Å². The number of rotatable bonds is 9. The van der Waals surface area contributed by atoms with Gasteiger partial charge in [0, 0.05) is 31.9 Å². The van der Waals surface area contributed by atoms with Crippen molar-refractivity contribution in [3.63, 3.8) is 0 Å². The Balaban J connectivity index is 2.08. The first-order valence-electron chi connectivity index (χ1n) is 7.57. The Morgan fingerprint density at radius 3 is 2.18 bits per heavy atom. The molecule has 2 N–H and O–H groups in total. The minimum atomic E-state index is 0.855. The number of benzene rings is 2. The Bertz CT molecular complexity index is 554. The third kappa shape index (κ3) is 4.83. The maximum atomic E-state index is 4.81. The fraction of sp³-hybridized carbons (Fsp3) is 0.278. The van der Waals surface area contributed by atoms with Gasteiger partial charge in [-0.3, -0.25) is 0 Å². The molecule has 0 aliphatic carbocycles. The van der Waals surface area contributed by atoms with E-state index in [2.05, 4.69) is 64.1 Å². The molecule has 3 nitrogen and oxygen atoms in total. The molecule has 2 aromatic rings. The van der Waals surface area contributed by atoms with Crippen molar-refractivity contribution < 1.29 is 0 Å². The fourth-order valence-corrected chi connectivity index (χ4v) is 2.49. The molecule has 2 aromatic carbocycles. The van der Waals surface area contributed by atoms with Crippen LogP contribution in [0.15, 0.2) is 54.6 Å². The van der Waals surface area contributed by atoms with Crippen molar-refractivity contribution >= 4 is 23.4 Å². The molecule has 0 fully saturated rings. The number of hydrogen-bond acceptors (Lipinski definition) is 3. The van der Waals surface area contributed by atoms with Crippen LogP contribution < -0.4 is 15.5 Å². The zero-order valence-corrected chi connectivity index (χ0v) is 13.8. The van der Waals surface area contributed by atoms with Crippen LogP contribution in [0.3, 0.4) is 0 Å². The summed E-state index contributed by atoms with van der Waals surface area (Å²) in [5.74, 6) is 0. The van der Waals surface area contributed by atoms with E-state index in [1.54, 1.807) is 5.49 Å². The molecule has 0 aromatic heterocycles. The highest BCUT2D eigenvalue weighted by atomic mass is 32.1. The third-order valence-electron chi connectivity index (χ3n) is 3.58. The van der Waals surface area contributed by atoms with Crippen molar-refractivity contribution in [2.45, 2.75) is 0 Å². The van der Waals surface area contributed by atoms with E-state index in [1.807, 2.05) is 13.1 Å². The fourth-order valence-electron chi connectivity index (χ4n) is 2.37. The van der Waals surface area contributed by atoms with E-state index < -0.39 is 0 Å². The molecule has 0 unspecified atom stereocenters. The molecule has 2 rings (SSSR count). The SMILES string of the molecule is CNCCN(CCNC=S)c1ccc(-c2ccccc2)cc1. The first-order chi connectivity index (χ1) is 10.8. The van der Waals surface area contributed by atoms with Crippen LogP contribution in [0.1, 0.15) is 0 Å². The van der Waals surface area contributed by atoms with Gasteiger partial charge in [0.1, 0.15) is 0 Å². The minimum absolute atomic E-state index is 0.855. The molecule has 116 valence electrons. The van der Waals surface area contributed by atoms with Crippen LogP contribution in [0.25, 0.3) is 11.1 Å². The van der Waals surface area contributed by atoms with Gasteiger partial charge in [-0.15, -0.1) is 0 Å². The van der Waals surface area contributed by atoms with Crippen molar-refractivity contribution in [1.82, 2.24) is 10.6 Å². The summed E-state index contributed by atoms with van der Waals surface area (Å²) >= 11 is 4.81.